The van der Waals surface area contributed by atoms with E-state index in [2.05, 4.69) is 10.1 Å². The van der Waals surface area contributed by atoms with E-state index in [-0.39, 0.29) is 28.1 Å². The smallest absolute Gasteiger partial charge is 0.294 e. The molecule has 2 aromatic heterocycles. The van der Waals surface area contributed by atoms with Gasteiger partial charge in [-0.05, 0) is 38.5 Å². The van der Waals surface area contributed by atoms with E-state index in [1.807, 2.05) is 20.8 Å². The third-order valence-electron chi connectivity index (χ3n) is 3.91. The first-order chi connectivity index (χ1) is 12.0. The summed E-state index contributed by atoms with van der Waals surface area (Å²) in [6, 6.07) is 3.48. The highest BCUT2D eigenvalue weighted by molar-refractivity contribution is 6.30. The predicted octanol–water partition coefficient (Wildman–Crippen LogP) is 4.07. The molecule has 2 heterocycles. The molecule has 26 heavy (non-hydrogen) atoms. The summed E-state index contributed by atoms with van der Waals surface area (Å²) in [4.78, 5) is 16.9. The second kappa shape index (κ2) is 6.12. The fourth-order valence-corrected chi connectivity index (χ4v) is 2.86. The van der Waals surface area contributed by atoms with Crippen molar-refractivity contribution in [2.75, 3.05) is 0 Å². The topological polar surface area (TPSA) is 52.7 Å². The van der Waals surface area contributed by atoms with Crippen LogP contribution in [0.5, 0.6) is 0 Å². The van der Waals surface area contributed by atoms with Crippen LogP contribution in [0.25, 0.3) is 11.0 Å². The molecule has 3 rings (SSSR count). The molecule has 0 aliphatic carbocycles. The van der Waals surface area contributed by atoms with Gasteiger partial charge in [0, 0.05) is 5.02 Å². The Morgan fingerprint density at radius 2 is 1.88 bits per heavy atom. The zero-order valence-corrected chi connectivity index (χ0v) is 15.1. The van der Waals surface area contributed by atoms with Crippen molar-refractivity contribution in [1.82, 2.24) is 19.3 Å². The highest BCUT2D eigenvalue weighted by Gasteiger charge is 2.33. The molecule has 3 aromatic rings. The van der Waals surface area contributed by atoms with Crippen LogP contribution in [0.3, 0.4) is 0 Å². The second-order valence-corrected chi connectivity index (χ2v) is 7.38. The minimum atomic E-state index is -4.57. The first-order valence-corrected chi connectivity index (χ1v) is 8.15. The van der Waals surface area contributed by atoms with Crippen LogP contribution in [0.1, 0.15) is 31.9 Å². The molecule has 0 fully saturated rings. The van der Waals surface area contributed by atoms with Crippen LogP contribution in [0, 0.1) is 0 Å². The number of rotatable bonds is 2. The van der Waals surface area contributed by atoms with E-state index in [1.54, 1.807) is 4.68 Å². The summed E-state index contributed by atoms with van der Waals surface area (Å²) in [5, 5.41) is 4.42. The first-order valence-electron chi connectivity index (χ1n) is 7.78. The molecule has 0 saturated heterocycles. The van der Waals surface area contributed by atoms with Crippen molar-refractivity contribution in [3.05, 3.63) is 57.2 Å². The average molecular weight is 385 g/mol. The first kappa shape index (κ1) is 18.4. The number of nitrogens with zero attached hydrogens (tertiary/aromatic N) is 4. The Labute approximate surface area is 152 Å². The zero-order valence-electron chi connectivity index (χ0n) is 14.3. The Hall–Kier alpha value is -2.35. The summed E-state index contributed by atoms with van der Waals surface area (Å²) in [6.45, 7) is 5.47. The fourth-order valence-electron chi connectivity index (χ4n) is 2.69. The normalized spacial score (nSPS) is 12.7. The predicted molar refractivity (Wildman–Crippen MR) is 92.3 cm³/mol. The minimum Gasteiger partial charge on any atom is -0.294 e. The lowest BCUT2D eigenvalue weighted by Crippen LogP contribution is -2.26. The lowest BCUT2D eigenvalue weighted by atomic mass is 10.1. The van der Waals surface area contributed by atoms with Gasteiger partial charge in [0.25, 0.3) is 5.56 Å². The van der Waals surface area contributed by atoms with Crippen molar-refractivity contribution >= 4 is 22.6 Å². The molecule has 1 aromatic carbocycles. The molecule has 0 aliphatic rings. The average Bonchev–Trinajstić information content (AvgIpc) is 2.95. The summed E-state index contributed by atoms with van der Waals surface area (Å²) in [6.07, 6.45) is -1.94. The van der Waals surface area contributed by atoms with E-state index in [1.165, 1.54) is 24.7 Å². The van der Waals surface area contributed by atoms with Crippen molar-refractivity contribution in [3.8, 4) is 0 Å². The van der Waals surface area contributed by atoms with Gasteiger partial charge in [0.15, 0.2) is 5.65 Å². The molecular weight excluding hydrogens is 369 g/mol. The van der Waals surface area contributed by atoms with E-state index >= 15 is 0 Å². The molecule has 9 heteroatoms. The number of aromatic nitrogens is 4. The molecule has 0 spiro atoms. The SMILES string of the molecule is CC(C)(C)n1ncc2c(=O)n(Cc3ccc(Cl)cc3C(F)(F)F)cnc21. The standard InChI is InChI=1S/C17H16ClF3N4O/c1-16(2,3)25-14-12(7-23-25)15(26)24(9-22-14)8-10-4-5-11(18)6-13(10)17(19,20)21/h4-7,9H,8H2,1-3H3. The van der Waals surface area contributed by atoms with Crippen LogP contribution in [-0.4, -0.2) is 19.3 Å². The van der Waals surface area contributed by atoms with Gasteiger partial charge >= 0.3 is 6.18 Å². The minimum absolute atomic E-state index is 0.0200. The molecule has 0 saturated carbocycles. The molecule has 0 amide bonds. The number of hydrogen-bond acceptors (Lipinski definition) is 3. The van der Waals surface area contributed by atoms with Gasteiger partial charge in [0.2, 0.25) is 0 Å². The molecule has 0 N–H and O–H groups in total. The lowest BCUT2D eigenvalue weighted by molar-refractivity contribution is -0.138. The maximum absolute atomic E-state index is 13.2. The van der Waals surface area contributed by atoms with Crippen molar-refractivity contribution < 1.29 is 13.2 Å². The van der Waals surface area contributed by atoms with Gasteiger partial charge < -0.3 is 0 Å². The Bertz CT molecular complexity index is 1030. The molecule has 138 valence electrons. The van der Waals surface area contributed by atoms with Gasteiger partial charge in [-0.1, -0.05) is 17.7 Å². The molecule has 0 radical (unpaired) electrons. The third-order valence-corrected chi connectivity index (χ3v) is 4.14. The monoisotopic (exact) mass is 384 g/mol. The summed E-state index contributed by atoms with van der Waals surface area (Å²) in [7, 11) is 0. The van der Waals surface area contributed by atoms with Crippen molar-refractivity contribution in [2.45, 2.75) is 39.0 Å². The van der Waals surface area contributed by atoms with Gasteiger partial charge in [-0.3, -0.25) is 9.36 Å². The lowest BCUT2D eigenvalue weighted by Gasteiger charge is -2.19. The second-order valence-electron chi connectivity index (χ2n) is 6.94. The molecule has 0 bridgehead atoms. The summed E-state index contributed by atoms with van der Waals surface area (Å²) < 4.78 is 42.5. The van der Waals surface area contributed by atoms with Crippen LogP contribution >= 0.6 is 11.6 Å². The Morgan fingerprint density at radius 1 is 1.19 bits per heavy atom. The number of fused-ring (bicyclic) bond motifs is 1. The maximum Gasteiger partial charge on any atom is 0.416 e. The van der Waals surface area contributed by atoms with Gasteiger partial charge in [-0.15, -0.1) is 0 Å². The van der Waals surface area contributed by atoms with Crippen LogP contribution in [0.2, 0.25) is 5.02 Å². The molecule has 0 atom stereocenters. The van der Waals surface area contributed by atoms with Gasteiger partial charge in [0.05, 0.1) is 23.8 Å². The summed E-state index contributed by atoms with van der Waals surface area (Å²) >= 11 is 5.69. The zero-order chi connectivity index (χ0) is 19.3. The van der Waals surface area contributed by atoms with E-state index < -0.39 is 17.3 Å². The maximum atomic E-state index is 13.2. The van der Waals surface area contributed by atoms with Crippen LogP contribution in [0.15, 0.2) is 35.5 Å². The number of benzene rings is 1. The highest BCUT2D eigenvalue weighted by Crippen LogP contribution is 2.34. The van der Waals surface area contributed by atoms with E-state index in [4.69, 9.17) is 11.6 Å². The molecule has 0 aliphatic heterocycles. The Balaban J connectivity index is 2.09. The summed E-state index contributed by atoms with van der Waals surface area (Å²) in [5.74, 6) is 0. The largest absolute Gasteiger partial charge is 0.416 e. The molecule has 5 nitrogen and oxygen atoms in total. The van der Waals surface area contributed by atoms with E-state index in [9.17, 15) is 18.0 Å². The van der Waals surface area contributed by atoms with Gasteiger partial charge in [-0.2, -0.15) is 18.3 Å². The van der Waals surface area contributed by atoms with Crippen LogP contribution in [0.4, 0.5) is 13.2 Å². The van der Waals surface area contributed by atoms with E-state index in [0.29, 0.717) is 5.65 Å². The Kier molecular flexibility index (Phi) is 4.34. The third kappa shape index (κ3) is 3.33. The summed E-state index contributed by atoms with van der Waals surface area (Å²) in [5.41, 5.74) is -1.37. The van der Waals surface area contributed by atoms with E-state index in [0.717, 1.165) is 10.6 Å². The number of halogens is 4. The Morgan fingerprint density at radius 3 is 2.50 bits per heavy atom. The van der Waals surface area contributed by atoms with Gasteiger partial charge in [0.1, 0.15) is 11.7 Å². The van der Waals surface area contributed by atoms with Crippen molar-refractivity contribution in [1.29, 1.82) is 0 Å². The van der Waals surface area contributed by atoms with Crippen LogP contribution < -0.4 is 5.56 Å². The number of alkyl halides is 3. The highest BCUT2D eigenvalue weighted by atomic mass is 35.5. The number of hydrogen-bond donors (Lipinski definition) is 0. The molecule has 0 unspecified atom stereocenters. The van der Waals surface area contributed by atoms with Crippen molar-refractivity contribution in [2.24, 2.45) is 0 Å². The fraction of sp³-hybridized carbons (Fsp3) is 0.353. The molecular formula is C17H16ClF3N4O. The van der Waals surface area contributed by atoms with Gasteiger partial charge in [-0.25, -0.2) is 9.67 Å². The van der Waals surface area contributed by atoms with Crippen LogP contribution in [-0.2, 0) is 18.3 Å². The van der Waals surface area contributed by atoms with Crippen molar-refractivity contribution in [3.63, 3.8) is 0 Å². The quantitative estimate of drug-likeness (QED) is 0.669.